The third-order valence-corrected chi connectivity index (χ3v) is 6.87. The lowest BCUT2D eigenvalue weighted by atomic mass is 9.92. The van der Waals surface area contributed by atoms with Crippen molar-refractivity contribution < 1.29 is 13.3 Å². The van der Waals surface area contributed by atoms with Gasteiger partial charge in [0, 0.05) is 23.7 Å². The van der Waals surface area contributed by atoms with Crippen molar-refractivity contribution in [2.45, 2.75) is 30.7 Å². The monoisotopic (exact) mass is 489 g/mol. The third kappa shape index (κ3) is 4.92. The molecule has 30 heavy (non-hydrogen) atoms. The number of nitro benzene ring substituents is 1. The average molecular weight is 490 g/mol. The van der Waals surface area contributed by atoms with E-state index in [1.807, 2.05) is 19.1 Å². The van der Waals surface area contributed by atoms with Gasteiger partial charge in [0.05, 0.1) is 15.9 Å². The maximum atomic E-state index is 13.2. The molecule has 3 aromatic rings. The number of aromatic nitrogens is 1. The number of hydrogen-bond acceptors (Lipinski definition) is 5. The summed E-state index contributed by atoms with van der Waals surface area (Å²) in [6.45, 7) is 3.59. The van der Waals surface area contributed by atoms with E-state index in [0.717, 1.165) is 0 Å². The molecule has 3 rings (SSSR count). The largest absolute Gasteiger partial charge is 0.269 e. The Hall–Kier alpha value is -2.62. The minimum absolute atomic E-state index is 0.0625. The number of nitrogens with zero attached hydrogens (tertiary/aromatic N) is 2. The molecule has 0 bridgehead atoms. The van der Waals surface area contributed by atoms with Crippen LogP contribution in [0.15, 0.2) is 76.2 Å². The fourth-order valence-electron chi connectivity index (χ4n) is 3.20. The van der Waals surface area contributed by atoms with Crippen LogP contribution in [0.4, 0.5) is 5.69 Å². The second-order valence-corrected chi connectivity index (χ2v) is 9.38. The van der Waals surface area contributed by atoms with Gasteiger partial charge in [-0.15, -0.1) is 0 Å². The van der Waals surface area contributed by atoms with Crippen LogP contribution in [0.25, 0.3) is 0 Å². The number of rotatable bonds is 7. The van der Waals surface area contributed by atoms with Gasteiger partial charge in [-0.25, -0.2) is 18.1 Å². The van der Waals surface area contributed by atoms with Crippen LogP contribution in [0, 0.1) is 17.0 Å². The Morgan fingerprint density at radius 1 is 1.03 bits per heavy atom. The summed E-state index contributed by atoms with van der Waals surface area (Å²) in [7, 11) is -3.85. The summed E-state index contributed by atoms with van der Waals surface area (Å²) in [5.74, 6) is -0.345. The molecule has 0 saturated heterocycles. The molecule has 0 aliphatic heterocycles. The smallest absolute Gasteiger partial charge is 0.258 e. The maximum absolute atomic E-state index is 13.2. The molecule has 0 saturated carbocycles. The van der Waals surface area contributed by atoms with Gasteiger partial charge in [0.2, 0.25) is 10.0 Å². The second-order valence-electron chi connectivity index (χ2n) is 6.89. The van der Waals surface area contributed by atoms with Crippen LogP contribution in [0.3, 0.4) is 0 Å². The Bertz CT molecular complexity index is 1170. The zero-order valence-corrected chi connectivity index (χ0v) is 18.7. The van der Waals surface area contributed by atoms with Crippen LogP contribution >= 0.6 is 15.9 Å². The van der Waals surface area contributed by atoms with Gasteiger partial charge in [0.15, 0.2) is 0 Å². The Morgan fingerprint density at radius 2 is 1.70 bits per heavy atom. The van der Waals surface area contributed by atoms with Gasteiger partial charge in [-0.3, -0.25) is 10.1 Å². The van der Waals surface area contributed by atoms with Gasteiger partial charge >= 0.3 is 0 Å². The van der Waals surface area contributed by atoms with E-state index >= 15 is 0 Å². The molecule has 7 nitrogen and oxygen atoms in total. The zero-order valence-electron chi connectivity index (χ0n) is 16.3. The van der Waals surface area contributed by atoms with Crippen molar-refractivity contribution in [1.82, 2.24) is 9.71 Å². The van der Waals surface area contributed by atoms with Gasteiger partial charge in [-0.1, -0.05) is 43.3 Å². The van der Waals surface area contributed by atoms with E-state index in [-0.39, 0.29) is 16.5 Å². The fourth-order valence-corrected chi connectivity index (χ4v) is 5.11. The van der Waals surface area contributed by atoms with Gasteiger partial charge < -0.3 is 0 Å². The van der Waals surface area contributed by atoms with E-state index < -0.39 is 21.0 Å². The van der Waals surface area contributed by atoms with Gasteiger partial charge in [0.25, 0.3) is 5.69 Å². The summed E-state index contributed by atoms with van der Waals surface area (Å²) >= 11 is 3.34. The Labute approximate surface area is 183 Å². The third-order valence-electron chi connectivity index (χ3n) is 4.83. The number of nitrogens with one attached hydrogen (secondary N) is 1. The first-order valence-corrected chi connectivity index (χ1v) is 11.4. The highest BCUT2D eigenvalue weighted by Crippen LogP contribution is 2.33. The van der Waals surface area contributed by atoms with Crippen LogP contribution < -0.4 is 4.72 Å². The zero-order chi connectivity index (χ0) is 21.9. The molecule has 0 unspecified atom stereocenters. The van der Waals surface area contributed by atoms with Gasteiger partial charge in [0.1, 0.15) is 4.60 Å². The van der Waals surface area contributed by atoms with Crippen molar-refractivity contribution in [2.24, 2.45) is 0 Å². The van der Waals surface area contributed by atoms with Gasteiger partial charge in [-0.05, 0) is 52.2 Å². The van der Waals surface area contributed by atoms with E-state index in [1.54, 1.807) is 49.4 Å². The first-order chi connectivity index (χ1) is 14.2. The molecule has 2 atom stereocenters. The molecule has 0 spiro atoms. The Balaban J connectivity index is 2.05. The first-order valence-electron chi connectivity index (χ1n) is 9.14. The Kier molecular flexibility index (Phi) is 6.64. The van der Waals surface area contributed by atoms with E-state index in [4.69, 9.17) is 0 Å². The van der Waals surface area contributed by atoms with Crippen molar-refractivity contribution in [3.8, 4) is 0 Å². The van der Waals surface area contributed by atoms with E-state index in [0.29, 0.717) is 21.4 Å². The molecule has 0 fully saturated rings. The maximum Gasteiger partial charge on any atom is 0.269 e. The molecule has 0 aliphatic carbocycles. The SMILES string of the molecule is Cc1ccccc1S(=O)(=O)N[C@@H](c1ccc([N+](=O)[O-])cc1)[C@@H](C)c1cccc(Br)n1. The Morgan fingerprint density at radius 3 is 2.30 bits per heavy atom. The van der Waals surface area contributed by atoms with Crippen LogP contribution in [-0.4, -0.2) is 18.3 Å². The number of benzene rings is 2. The van der Waals surface area contributed by atoms with Crippen molar-refractivity contribution in [3.05, 3.63) is 98.3 Å². The molecule has 1 aromatic heterocycles. The highest BCUT2D eigenvalue weighted by molar-refractivity contribution is 9.10. The predicted molar refractivity (Wildman–Crippen MR) is 118 cm³/mol. The number of non-ortho nitro benzene ring substituents is 1. The number of sulfonamides is 1. The lowest BCUT2D eigenvalue weighted by Gasteiger charge is -2.26. The van der Waals surface area contributed by atoms with Crippen molar-refractivity contribution in [1.29, 1.82) is 0 Å². The molecule has 156 valence electrons. The summed E-state index contributed by atoms with van der Waals surface area (Å²) in [6, 6.07) is 17.3. The molecule has 2 aromatic carbocycles. The molecule has 9 heteroatoms. The number of pyridine rings is 1. The number of aryl methyl sites for hydroxylation is 1. The lowest BCUT2D eigenvalue weighted by molar-refractivity contribution is -0.384. The van der Waals surface area contributed by atoms with Crippen LogP contribution in [-0.2, 0) is 10.0 Å². The highest BCUT2D eigenvalue weighted by Gasteiger charge is 2.29. The van der Waals surface area contributed by atoms with E-state index in [1.165, 1.54) is 12.1 Å². The summed E-state index contributed by atoms with van der Waals surface area (Å²) in [6.07, 6.45) is 0. The summed E-state index contributed by atoms with van der Waals surface area (Å²) in [4.78, 5) is 15.2. The normalized spacial score (nSPS) is 13.6. The van der Waals surface area contributed by atoms with E-state index in [2.05, 4.69) is 25.6 Å². The molecule has 1 heterocycles. The van der Waals surface area contributed by atoms with Gasteiger partial charge in [-0.2, -0.15) is 0 Å². The summed E-state index contributed by atoms with van der Waals surface area (Å²) in [5.41, 5.74) is 1.85. The van der Waals surface area contributed by atoms with Crippen molar-refractivity contribution >= 4 is 31.6 Å². The average Bonchev–Trinajstić information content (AvgIpc) is 2.72. The molecule has 0 aliphatic rings. The summed E-state index contributed by atoms with van der Waals surface area (Å²) in [5, 5.41) is 11.0. The van der Waals surface area contributed by atoms with Crippen LogP contribution in [0.1, 0.15) is 35.7 Å². The standard InChI is InChI=1S/C21H20BrN3O4S/c1-14-6-3-4-8-19(14)30(28,29)24-21(15(2)18-7-5-9-20(22)23-18)16-10-12-17(13-11-16)25(26)27/h3-13,15,21,24H,1-2H3/t15-,21+/m0/s1. The first kappa shape index (κ1) is 22.1. The number of nitro groups is 1. The quantitative estimate of drug-likeness (QED) is 0.289. The minimum atomic E-state index is -3.85. The molecule has 0 radical (unpaired) electrons. The number of halogens is 1. The topological polar surface area (TPSA) is 102 Å². The number of hydrogen-bond donors (Lipinski definition) is 1. The molecule has 1 N–H and O–H groups in total. The highest BCUT2D eigenvalue weighted by atomic mass is 79.9. The van der Waals surface area contributed by atoms with Crippen molar-refractivity contribution in [3.63, 3.8) is 0 Å². The van der Waals surface area contributed by atoms with Crippen molar-refractivity contribution in [2.75, 3.05) is 0 Å². The predicted octanol–water partition coefficient (Wildman–Crippen LogP) is 4.88. The fraction of sp³-hybridized carbons (Fsp3) is 0.190. The molecular formula is C21H20BrN3O4S. The van der Waals surface area contributed by atoms with E-state index in [9.17, 15) is 18.5 Å². The molecule has 0 amide bonds. The second kappa shape index (κ2) is 9.03. The minimum Gasteiger partial charge on any atom is -0.258 e. The summed E-state index contributed by atoms with van der Waals surface area (Å²) < 4.78 is 29.7. The lowest BCUT2D eigenvalue weighted by Crippen LogP contribution is -2.32. The molecular weight excluding hydrogens is 470 g/mol. The van der Waals surface area contributed by atoms with Crippen LogP contribution in [0.5, 0.6) is 0 Å². The van der Waals surface area contributed by atoms with Crippen LogP contribution in [0.2, 0.25) is 0 Å².